The number of anilines is 3. The van der Waals surface area contributed by atoms with E-state index >= 15 is 0 Å². The van der Waals surface area contributed by atoms with Crippen LogP contribution in [0.25, 0.3) is 11.0 Å². The van der Waals surface area contributed by atoms with E-state index in [-0.39, 0.29) is 34.7 Å². The molecule has 0 radical (unpaired) electrons. The molecule has 1 aromatic carbocycles. The molecular formula is C23H23F3N6O3. The molecular weight excluding hydrogens is 465 g/mol. The molecule has 35 heavy (non-hydrogen) atoms. The molecule has 0 bridgehead atoms. The number of nitrogens with zero attached hydrogens (tertiary/aromatic N) is 3. The van der Waals surface area contributed by atoms with Gasteiger partial charge in [-0.2, -0.15) is 23.1 Å². The normalized spacial score (nSPS) is 17.9. The Morgan fingerprint density at radius 1 is 1.14 bits per heavy atom. The van der Waals surface area contributed by atoms with Crippen molar-refractivity contribution in [2.75, 3.05) is 43.5 Å². The number of morpholine rings is 1. The van der Waals surface area contributed by atoms with Gasteiger partial charge in [-0.1, -0.05) is 0 Å². The van der Waals surface area contributed by atoms with Crippen LogP contribution in [-0.2, 0) is 17.3 Å². The van der Waals surface area contributed by atoms with Gasteiger partial charge >= 0.3 is 6.18 Å². The van der Waals surface area contributed by atoms with E-state index in [1.165, 1.54) is 0 Å². The van der Waals surface area contributed by atoms with Crippen LogP contribution in [0.2, 0.25) is 0 Å². The van der Waals surface area contributed by atoms with E-state index in [1.54, 1.807) is 17.0 Å². The van der Waals surface area contributed by atoms with Crippen LogP contribution in [0.15, 0.2) is 18.3 Å². The lowest BCUT2D eigenvalue weighted by molar-refractivity contribution is -0.136. The molecule has 1 saturated carbocycles. The maximum atomic E-state index is 13.5. The summed E-state index contributed by atoms with van der Waals surface area (Å²) in [7, 11) is 0. The van der Waals surface area contributed by atoms with Crippen molar-refractivity contribution >= 4 is 34.4 Å². The number of aromatic nitrogens is 3. The Bertz CT molecular complexity index is 1300. The third-order valence-corrected chi connectivity index (χ3v) is 6.39. The van der Waals surface area contributed by atoms with E-state index in [0.717, 1.165) is 24.6 Å². The van der Waals surface area contributed by atoms with Gasteiger partial charge in [0.25, 0.3) is 5.91 Å². The van der Waals surface area contributed by atoms with E-state index in [1.807, 2.05) is 0 Å². The molecule has 12 heteroatoms. The van der Waals surface area contributed by atoms with E-state index in [4.69, 9.17) is 9.47 Å². The largest absolute Gasteiger partial charge is 0.491 e. The maximum Gasteiger partial charge on any atom is 0.418 e. The second-order valence-corrected chi connectivity index (χ2v) is 8.83. The summed E-state index contributed by atoms with van der Waals surface area (Å²) in [6, 6.07) is 3.55. The highest BCUT2D eigenvalue weighted by Crippen LogP contribution is 2.41. The van der Waals surface area contributed by atoms with Crippen LogP contribution in [0.4, 0.5) is 30.6 Å². The quantitative estimate of drug-likeness (QED) is 0.503. The van der Waals surface area contributed by atoms with Crippen molar-refractivity contribution in [3.8, 4) is 5.75 Å². The first-order valence-electron chi connectivity index (χ1n) is 11.5. The maximum absolute atomic E-state index is 13.5. The number of fused-ring (bicyclic) bond motifs is 2. The summed E-state index contributed by atoms with van der Waals surface area (Å²) in [6.07, 6.45) is -1.29. The fraction of sp³-hybridized carbons (Fsp3) is 0.435. The van der Waals surface area contributed by atoms with E-state index in [9.17, 15) is 18.0 Å². The molecule has 4 heterocycles. The van der Waals surface area contributed by atoms with Crippen molar-refractivity contribution in [3.05, 3.63) is 35.0 Å². The monoisotopic (exact) mass is 488 g/mol. The molecule has 3 aliphatic rings. The highest BCUT2D eigenvalue weighted by Gasteiger charge is 2.36. The molecule has 0 unspecified atom stereocenters. The van der Waals surface area contributed by atoms with Crippen LogP contribution in [0, 0.1) is 0 Å². The lowest BCUT2D eigenvalue weighted by Crippen LogP contribution is -2.41. The van der Waals surface area contributed by atoms with Crippen LogP contribution in [0.5, 0.6) is 5.75 Å². The minimum absolute atomic E-state index is 0.0683. The lowest BCUT2D eigenvalue weighted by atomic mass is 10.0. The van der Waals surface area contributed by atoms with Crippen molar-refractivity contribution in [1.29, 1.82) is 0 Å². The molecule has 2 aliphatic heterocycles. The first-order valence-corrected chi connectivity index (χ1v) is 11.5. The summed E-state index contributed by atoms with van der Waals surface area (Å²) >= 11 is 0. The Morgan fingerprint density at radius 3 is 2.69 bits per heavy atom. The van der Waals surface area contributed by atoms with Gasteiger partial charge in [-0.3, -0.25) is 4.79 Å². The first kappa shape index (κ1) is 22.0. The topological polar surface area (TPSA) is 104 Å². The molecule has 1 amide bonds. The van der Waals surface area contributed by atoms with Gasteiger partial charge in [0.05, 0.1) is 36.5 Å². The standard InChI is InChI=1S/C23H23F3N6O3/c24-23(25,26)15-11-27-19-17(15)20(28-12-1-2-12)31-22(30-19)29-16-4-3-14(13-5-8-35-18(13)16)21(33)32-6-9-34-10-7-32/h3-4,11-12H,1-2,5-10H2,(H3,27,28,29,30,31). The lowest BCUT2D eigenvalue weighted by Gasteiger charge is -2.27. The summed E-state index contributed by atoms with van der Waals surface area (Å²) < 4.78 is 51.8. The molecule has 6 rings (SSSR count). The summed E-state index contributed by atoms with van der Waals surface area (Å²) in [4.78, 5) is 26.1. The van der Waals surface area contributed by atoms with Crippen LogP contribution in [0.1, 0.15) is 34.3 Å². The molecule has 184 valence electrons. The average Bonchev–Trinajstić information content (AvgIpc) is 3.31. The number of hydrogen-bond acceptors (Lipinski definition) is 7. The van der Waals surface area contributed by atoms with Gasteiger partial charge in [-0.15, -0.1) is 0 Å². The van der Waals surface area contributed by atoms with E-state index in [2.05, 4.69) is 25.6 Å². The van der Waals surface area contributed by atoms with Gasteiger partial charge in [0, 0.05) is 42.9 Å². The second-order valence-electron chi connectivity index (χ2n) is 8.83. The van der Waals surface area contributed by atoms with Gasteiger partial charge in [0.15, 0.2) is 0 Å². The highest BCUT2D eigenvalue weighted by molar-refractivity contribution is 5.98. The smallest absolute Gasteiger partial charge is 0.418 e. The van der Waals surface area contributed by atoms with Crippen molar-refractivity contribution < 1.29 is 27.4 Å². The number of carbonyl (C=O) groups excluding carboxylic acids is 1. The summed E-state index contributed by atoms with van der Waals surface area (Å²) in [6.45, 7) is 2.52. The Morgan fingerprint density at radius 2 is 1.94 bits per heavy atom. The molecule has 1 saturated heterocycles. The number of H-pyrrole nitrogens is 1. The van der Waals surface area contributed by atoms with Gasteiger partial charge in [-0.25, -0.2) is 0 Å². The summed E-state index contributed by atoms with van der Waals surface area (Å²) in [5.41, 5.74) is 1.20. The molecule has 0 atom stereocenters. The fourth-order valence-corrected chi connectivity index (χ4v) is 4.49. The van der Waals surface area contributed by atoms with Crippen molar-refractivity contribution in [3.63, 3.8) is 0 Å². The van der Waals surface area contributed by atoms with Crippen LogP contribution in [-0.4, -0.2) is 64.7 Å². The molecule has 1 aliphatic carbocycles. The van der Waals surface area contributed by atoms with Crippen LogP contribution >= 0.6 is 0 Å². The van der Waals surface area contributed by atoms with Gasteiger partial charge in [-0.05, 0) is 25.0 Å². The third kappa shape index (κ3) is 4.11. The number of rotatable bonds is 5. The molecule has 3 N–H and O–H groups in total. The summed E-state index contributed by atoms with van der Waals surface area (Å²) in [5.74, 6) is 0.722. The number of carbonyl (C=O) groups is 1. The fourth-order valence-electron chi connectivity index (χ4n) is 4.49. The Hall–Kier alpha value is -3.54. The Balaban J connectivity index is 1.35. The first-order chi connectivity index (χ1) is 16.9. The van der Waals surface area contributed by atoms with Crippen LogP contribution < -0.4 is 15.4 Å². The summed E-state index contributed by atoms with van der Waals surface area (Å²) in [5, 5.41) is 6.10. The van der Waals surface area contributed by atoms with Crippen molar-refractivity contribution in [1.82, 2.24) is 19.9 Å². The van der Waals surface area contributed by atoms with E-state index in [0.29, 0.717) is 56.3 Å². The average molecular weight is 488 g/mol. The zero-order valence-corrected chi connectivity index (χ0v) is 18.7. The van der Waals surface area contributed by atoms with Gasteiger partial charge in [0.1, 0.15) is 17.2 Å². The molecule has 9 nitrogen and oxygen atoms in total. The predicted octanol–water partition coefficient (Wildman–Crippen LogP) is 3.70. The van der Waals surface area contributed by atoms with Gasteiger partial charge in [0.2, 0.25) is 5.95 Å². The minimum Gasteiger partial charge on any atom is -0.491 e. The molecule has 2 fully saturated rings. The van der Waals surface area contributed by atoms with Crippen LogP contribution in [0.3, 0.4) is 0 Å². The molecule has 2 aromatic heterocycles. The number of ether oxygens (including phenoxy) is 2. The predicted molar refractivity (Wildman–Crippen MR) is 121 cm³/mol. The number of hydrogen-bond donors (Lipinski definition) is 3. The van der Waals surface area contributed by atoms with Gasteiger partial charge < -0.3 is 30.0 Å². The highest BCUT2D eigenvalue weighted by atomic mass is 19.4. The third-order valence-electron chi connectivity index (χ3n) is 6.39. The van der Waals surface area contributed by atoms with Crippen molar-refractivity contribution in [2.24, 2.45) is 0 Å². The SMILES string of the molecule is O=C(c1ccc(Nc2nc(NC3CC3)c3c(C(F)(F)F)c[nH]c3n2)c2c1CCO2)N1CCOCC1. The Kier molecular flexibility index (Phi) is 5.20. The van der Waals surface area contributed by atoms with E-state index < -0.39 is 11.7 Å². The number of benzene rings is 1. The zero-order chi connectivity index (χ0) is 24.2. The number of aromatic amines is 1. The number of amides is 1. The minimum atomic E-state index is -4.53. The molecule has 0 spiro atoms. The Labute approximate surface area is 198 Å². The zero-order valence-electron chi connectivity index (χ0n) is 18.7. The number of halogens is 3. The molecule has 3 aromatic rings. The number of alkyl halides is 3. The van der Waals surface area contributed by atoms with Crippen molar-refractivity contribution in [2.45, 2.75) is 31.5 Å². The number of nitrogens with one attached hydrogen (secondary N) is 3. The second kappa shape index (κ2) is 8.29.